The highest BCUT2D eigenvalue weighted by Crippen LogP contribution is 2.12. The first-order valence-electron chi connectivity index (χ1n) is 9.15. The average Bonchev–Trinajstić information content (AvgIpc) is 2.71. The molecule has 0 saturated carbocycles. The Labute approximate surface area is 157 Å². The molecule has 0 unspecified atom stereocenters. The van der Waals surface area contributed by atoms with Gasteiger partial charge in [0, 0.05) is 45.2 Å². The minimum atomic E-state index is -0.291. The third-order valence-electron chi connectivity index (χ3n) is 5.07. The van der Waals surface area contributed by atoms with Gasteiger partial charge < -0.3 is 4.90 Å². The number of para-hydroxylation sites is 1. The highest BCUT2D eigenvalue weighted by atomic mass is 16.2. The maximum Gasteiger partial charge on any atom is 0.278 e. The van der Waals surface area contributed by atoms with Crippen LogP contribution in [0.25, 0.3) is 10.9 Å². The van der Waals surface area contributed by atoms with Crippen LogP contribution >= 0.6 is 0 Å². The van der Waals surface area contributed by atoms with Gasteiger partial charge in [0.1, 0.15) is 0 Å². The number of rotatable bonds is 3. The largest absolute Gasteiger partial charge is 0.335 e. The quantitative estimate of drug-likeness (QED) is 0.714. The topological polar surface area (TPSA) is 58.4 Å². The highest BCUT2D eigenvalue weighted by molar-refractivity contribution is 5.95. The van der Waals surface area contributed by atoms with Crippen LogP contribution in [-0.4, -0.2) is 51.7 Å². The minimum absolute atomic E-state index is 0.00714. The molecule has 138 valence electrons. The summed E-state index contributed by atoms with van der Waals surface area (Å²) in [7, 11) is 1.76. The second-order valence-corrected chi connectivity index (χ2v) is 6.87. The number of hydrogen-bond acceptors (Lipinski definition) is 4. The number of piperazine rings is 1. The number of carbonyl (C=O) groups excluding carboxylic acids is 1. The summed E-state index contributed by atoms with van der Waals surface area (Å²) < 4.78 is 1.61. The molecular formula is C21H22N4O2. The highest BCUT2D eigenvalue weighted by Gasteiger charge is 2.26. The number of carbonyl (C=O) groups is 1. The van der Waals surface area contributed by atoms with Crippen LogP contribution < -0.4 is 5.43 Å². The van der Waals surface area contributed by atoms with Gasteiger partial charge in [0.15, 0.2) is 5.69 Å². The lowest BCUT2D eigenvalue weighted by molar-refractivity contribution is 0.0619. The molecule has 1 amide bonds. The van der Waals surface area contributed by atoms with Crippen LogP contribution in [0, 0.1) is 0 Å². The summed E-state index contributed by atoms with van der Waals surface area (Å²) in [6.07, 6.45) is 0. The first-order valence-corrected chi connectivity index (χ1v) is 9.15. The first kappa shape index (κ1) is 17.4. The molecule has 3 aromatic rings. The van der Waals surface area contributed by atoms with Crippen molar-refractivity contribution in [3.05, 3.63) is 76.1 Å². The molecule has 0 aliphatic carbocycles. The van der Waals surface area contributed by atoms with Crippen LogP contribution in [0.2, 0.25) is 0 Å². The van der Waals surface area contributed by atoms with Crippen molar-refractivity contribution < 1.29 is 4.79 Å². The predicted octanol–water partition coefficient (Wildman–Crippen LogP) is 1.89. The number of benzene rings is 2. The Morgan fingerprint density at radius 3 is 2.37 bits per heavy atom. The molecule has 1 aliphatic rings. The van der Waals surface area contributed by atoms with Crippen LogP contribution in [0.1, 0.15) is 16.1 Å². The monoisotopic (exact) mass is 362 g/mol. The third kappa shape index (κ3) is 3.48. The standard InChI is InChI=1S/C21H22N4O2/c1-23-18-10-6-5-9-17(18)20(26)19(22-23)21(27)25-13-11-24(12-14-25)15-16-7-3-2-4-8-16/h2-10H,11-15H2,1H3. The van der Waals surface area contributed by atoms with Gasteiger partial charge in [0.25, 0.3) is 5.91 Å². The van der Waals surface area contributed by atoms with E-state index in [9.17, 15) is 9.59 Å². The van der Waals surface area contributed by atoms with Gasteiger partial charge in [-0.25, -0.2) is 0 Å². The molecule has 0 N–H and O–H groups in total. The fourth-order valence-electron chi connectivity index (χ4n) is 3.57. The van der Waals surface area contributed by atoms with Crippen molar-refractivity contribution in [1.82, 2.24) is 19.6 Å². The summed E-state index contributed by atoms with van der Waals surface area (Å²) in [5.41, 5.74) is 1.71. The van der Waals surface area contributed by atoms with Crippen molar-refractivity contribution in [2.45, 2.75) is 6.54 Å². The van der Waals surface area contributed by atoms with Crippen molar-refractivity contribution in [3.8, 4) is 0 Å². The lowest BCUT2D eigenvalue weighted by atomic mass is 10.1. The van der Waals surface area contributed by atoms with E-state index in [4.69, 9.17) is 0 Å². The molecule has 4 rings (SSSR count). The maximum absolute atomic E-state index is 12.9. The molecule has 1 aromatic heterocycles. The zero-order chi connectivity index (χ0) is 18.8. The number of amides is 1. The van der Waals surface area contributed by atoms with Crippen molar-refractivity contribution in [1.29, 1.82) is 0 Å². The van der Waals surface area contributed by atoms with Gasteiger partial charge in [0.05, 0.1) is 5.52 Å². The Hall–Kier alpha value is -2.99. The molecule has 1 fully saturated rings. The molecule has 6 heteroatoms. The van der Waals surface area contributed by atoms with Crippen LogP contribution in [0.3, 0.4) is 0 Å². The van der Waals surface area contributed by atoms with Gasteiger partial charge in [-0.1, -0.05) is 42.5 Å². The van der Waals surface area contributed by atoms with E-state index in [0.29, 0.717) is 18.5 Å². The van der Waals surface area contributed by atoms with Gasteiger partial charge in [-0.05, 0) is 17.7 Å². The molecule has 27 heavy (non-hydrogen) atoms. The van der Waals surface area contributed by atoms with Crippen molar-refractivity contribution in [2.24, 2.45) is 7.05 Å². The molecular weight excluding hydrogens is 340 g/mol. The van der Waals surface area contributed by atoms with Crippen LogP contribution in [0.15, 0.2) is 59.4 Å². The Kier molecular flexibility index (Phi) is 4.73. The van der Waals surface area contributed by atoms with Crippen LogP contribution in [0.4, 0.5) is 0 Å². The van der Waals surface area contributed by atoms with Gasteiger partial charge in [-0.2, -0.15) is 5.10 Å². The van der Waals surface area contributed by atoms with Crippen molar-refractivity contribution >= 4 is 16.8 Å². The van der Waals surface area contributed by atoms with E-state index in [1.165, 1.54) is 5.56 Å². The Balaban J connectivity index is 1.49. The second-order valence-electron chi connectivity index (χ2n) is 6.87. The Bertz CT molecular complexity index is 1020. The van der Waals surface area contributed by atoms with Gasteiger partial charge >= 0.3 is 0 Å². The van der Waals surface area contributed by atoms with E-state index in [1.54, 1.807) is 28.8 Å². The molecule has 1 aliphatic heterocycles. The summed E-state index contributed by atoms with van der Waals surface area (Å²) in [4.78, 5) is 29.7. The SMILES string of the molecule is Cn1nc(C(=O)N2CCN(Cc3ccccc3)CC2)c(=O)c2ccccc21. The first-order chi connectivity index (χ1) is 13.1. The summed E-state index contributed by atoms with van der Waals surface area (Å²) in [5, 5.41) is 4.79. The maximum atomic E-state index is 12.9. The predicted molar refractivity (Wildman–Crippen MR) is 105 cm³/mol. The van der Waals surface area contributed by atoms with E-state index in [2.05, 4.69) is 22.1 Å². The fourth-order valence-corrected chi connectivity index (χ4v) is 3.57. The third-order valence-corrected chi connectivity index (χ3v) is 5.07. The molecule has 0 spiro atoms. The molecule has 1 saturated heterocycles. The number of aryl methyl sites for hydroxylation is 1. The van der Waals surface area contributed by atoms with E-state index in [0.717, 1.165) is 25.2 Å². The summed E-state index contributed by atoms with van der Waals surface area (Å²) in [6, 6.07) is 17.6. The number of aromatic nitrogens is 2. The van der Waals surface area contributed by atoms with E-state index in [-0.39, 0.29) is 17.0 Å². The zero-order valence-corrected chi connectivity index (χ0v) is 15.3. The van der Waals surface area contributed by atoms with Crippen LogP contribution in [0.5, 0.6) is 0 Å². The number of fused-ring (bicyclic) bond motifs is 1. The van der Waals surface area contributed by atoms with Crippen molar-refractivity contribution in [3.63, 3.8) is 0 Å². The van der Waals surface area contributed by atoms with Gasteiger partial charge in [-0.15, -0.1) is 0 Å². The van der Waals surface area contributed by atoms with E-state index < -0.39 is 0 Å². The Morgan fingerprint density at radius 1 is 0.963 bits per heavy atom. The normalized spacial score (nSPS) is 15.2. The fraction of sp³-hybridized carbons (Fsp3) is 0.286. The Morgan fingerprint density at radius 2 is 1.63 bits per heavy atom. The lowest BCUT2D eigenvalue weighted by Gasteiger charge is -2.34. The smallest absolute Gasteiger partial charge is 0.278 e. The number of hydrogen-bond donors (Lipinski definition) is 0. The molecule has 2 aromatic carbocycles. The second kappa shape index (κ2) is 7.32. The molecule has 2 heterocycles. The van der Waals surface area contributed by atoms with E-state index in [1.807, 2.05) is 30.3 Å². The molecule has 0 atom stereocenters. The minimum Gasteiger partial charge on any atom is -0.335 e. The molecule has 0 bridgehead atoms. The average molecular weight is 362 g/mol. The van der Waals surface area contributed by atoms with Crippen LogP contribution in [-0.2, 0) is 13.6 Å². The van der Waals surface area contributed by atoms with Crippen molar-refractivity contribution in [2.75, 3.05) is 26.2 Å². The van der Waals surface area contributed by atoms with E-state index >= 15 is 0 Å². The summed E-state index contributed by atoms with van der Waals surface area (Å²) >= 11 is 0. The zero-order valence-electron chi connectivity index (χ0n) is 15.3. The molecule has 0 radical (unpaired) electrons. The van der Waals surface area contributed by atoms with Gasteiger partial charge in [-0.3, -0.25) is 19.2 Å². The summed E-state index contributed by atoms with van der Waals surface area (Å²) in [5.74, 6) is -0.277. The number of nitrogens with zero attached hydrogens (tertiary/aromatic N) is 4. The molecule has 6 nitrogen and oxygen atoms in total. The summed E-state index contributed by atoms with van der Waals surface area (Å²) in [6.45, 7) is 3.65. The van der Waals surface area contributed by atoms with Gasteiger partial charge in [0.2, 0.25) is 5.43 Å². The lowest BCUT2D eigenvalue weighted by Crippen LogP contribution is -2.49.